The van der Waals surface area contributed by atoms with Crippen LogP contribution in [-0.4, -0.2) is 34.6 Å². The topological polar surface area (TPSA) is 103 Å². The van der Waals surface area contributed by atoms with Crippen LogP contribution in [0.4, 0.5) is 0 Å². The number of aryl methyl sites for hydroxylation is 2. The Morgan fingerprint density at radius 2 is 2.23 bits per heavy atom. The Morgan fingerprint density at radius 3 is 2.96 bits per heavy atom. The summed E-state index contributed by atoms with van der Waals surface area (Å²) in [6.45, 7) is 1.56. The quantitative estimate of drug-likeness (QED) is 0.654. The van der Waals surface area contributed by atoms with E-state index in [-0.39, 0.29) is 22.4 Å². The van der Waals surface area contributed by atoms with Gasteiger partial charge in [-0.25, -0.2) is 9.78 Å². The first-order valence-electron chi connectivity index (χ1n) is 7.88. The van der Waals surface area contributed by atoms with Gasteiger partial charge in [-0.2, -0.15) is 0 Å². The van der Waals surface area contributed by atoms with Gasteiger partial charge in [-0.05, 0) is 24.8 Å². The summed E-state index contributed by atoms with van der Waals surface area (Å²) in [4.78, 5) is 41.5. The molecule has 0 aliphatic rings. The van der Waals surface area contributed by atoms with Gasteiger partial charge in [-0.1, -0.05) is 6.07 Å². The van der Waals surface area contributed by atoms with Crippen LogP contribution in [0.1, 0.15) is 21.0 Å². The van der Waals surface area contributed by atoms with Gasteiger partial charge in [0, 0.05) is 18.5 Å². The van der Waals surface area contributed by atoms with Crippen molar-refractivity contribution in [3.05, 3.63) is 50.4 Å². The van der Waals surface area contributed by atoms with Gasteiger partial charge >= 0.3 is 5.97 Å². The Labute approximate surface area is 152 Å². The summed E-state index contributed by atoms with van der Waals surface area (Å²) in [6, 6.07) is 3.93. The predicted octanol–water partition coefficient (Wildman–Crippen LogP) is 1.41. The maximum atomic E-state index is 12.3. The van der Waals surface area contributed by atoms with Crippen LogP contribution >= 0.6 is 11.3 Å². The van der Waals surface area contributed by atoms with Crippen LogP contribution in [0.2, 0.25) is 0 Å². The minimum Gasteiger partial charge on any atom is -0.452 e. The molecule has 1 N–H and O–H groups in total. The van der Waals surface area contributed by atoms with Crippen molar-refractivity contribution in [3.8, 4) is 0 Å². The average molecular weight is 375 g/mol. The predicted molar refractivity (Wildman–Crippen MR) is 95.3 cm³/mol. The second kappa shape index (κ2) is 7.52. The molecule has 0 saturated carbocycles. The van der Waals surface area contributed by atoms with E-state index in [0.717, 1.165) is 4.88 Å². The van der Waals surface area contributed by atoms with Gasteiger partial charge in [-0.3, -0.25) is 9.59 Å². The van der Waals surface area contributed by atoms with Gasteiger partial charge in [0.2, 0.25) is 5.71 Å². The van der Waals surface area contributed by atoms with Crippen molar-refractivity contribution >= 4 is 34.3 Å². The molecule has 3 aromatic heterocycles. The van der Waals surface area contributed by atoms with Crippen LogP contribution in [0.5, 0.6) is 0 Å². The summed E-state index contributed by atoms with van der Waals surface area (Å²) < 4.78 is 11.6. The summed E-state index contributed by atoms with van der Waals surface area (Å²) in [5.41, 5.74) is -0.350. The number of amides is 1. The van der Waals surface area contributed by atoms with E-state index in [0.29, 0.717) is 13.0 Å². The zero-order valence-electron chi connectivity index (χ0n) is 14.3. The van der Waals surface area contributed by atoms with E-state index in [2.05, 4.69) is 10.3 Å². The van der Waals surface area contributed by atoms with Crippen molar-refractivity contribution in [3.63, 3.8) is 0 Å². The maximum Gasteiger partial charge on any atom is 0.343 e. The first-order chi connectivity index (χ1) is 12.5. The van der Waals surface area contributed by atoms with Gasteiger partial charge < -0.3 is 19.0 Å². The standard InChI is InChI=1S/C17H17N3O5S/c1-10-13(14-15(25-10)19-9-20(2)16(14)22)17(23)24-8-12(21)18-6-5-11-4-3-7-26-11/h3-4,7,9H,5-6,8H2,1-2H3,(H,18,21). The third-order valence-electron chi connectivity index (χ3n) is 3.76. The molecule has 8 nitrogen and oxygen atoms in total. The molecule has 0 aliphatic carbocycles. The molecule has 26 heavy (non-hydrogen) atoms. The number of esters is 1. The summed E-state index contributed by atoms with van der Waals surface area (Å²) >= 11 is 1.61. The van der Waals surface area contributed by atoms with E-state index in [1.807, 2.05) is 17.5 Å². The normalized spacial score (nSPS) is 10.8. The number of carbonyl (C=O) groups excluding carboxylic acids is 2. The van der Waals surface area contributed by atoms with E-state index in [1.54, 1.807) is 18.3 Å². The minimum atomic E-state index is -0.792. The number of hydrogen-bond acceptors (Lipinski definition) is 7. The van der Waals surface area contributed by atoms with Gasteiger partial charge in [-0.15, -0.1) is 11.3 Å². The van der Waals surface area contributed by atoms with E-state index in [4.69, 9.17) is 9.15 Å². The van der Waals surface area contributed by atoms with Crippen LogP contribution in [0, 0.1) is 6.92 Å². The third-order valence-corrected chi connectivity index (χ3v) is 4.70. The monoisotopic (exact) mass is 375 g/mol. The Balaban J connectivity index is 1.62. The number of furan rings is 1. The molecule has 0 fully saturated rings. The molecule has 3 heterocycles. The second-order valence-corrected chi connectivity index (χ2v) is 6.66. The number of thiophene rings is 1. The highest BCUT2D eigenvalue weighted by atomic mass is 32.1. The molecule has 3 aromatic rings. The number of carbonyl (C=O) groups is 2. The zero-order valence-corrected chi connectivity index (χ0v) is 15.1. The van der Waals surface area contributed by atoms with Crippen molar-refractivity contribution in [1.29, 1.82) is 0 Å². The summed E-state index contributed by atoms with van der Waals surface area (Å²) in [6.07, 6.45) is 2.02. The number of hydrogen-bond donors (Lipinski definition) is 1. The first-order valence-corrected chi connectivity index (χ1v) is 8.76. The zero-order chi connectivity index (χ0) is 18.7. The van der Waals surface area contributed by atoms with E-state index >= 15 is 0 Å². The molecular formula is C17H17N3O5S. The molecule has 0 saturated heterocycles. The van der Waals surface area contributed by atoms with Gasteiger partial charge in [0.25, 0.3) is 11.5 Å². The molecule has 0 atom stereocenters. The highest BCUT2D eigenvalue weighted by Crippen LogP contribution is 2.21. The molecule has 3 rings (SSSR count). The number of nitrogens with zero attached hydrogens (tertiary/aromatic N) is 2. The molecule has 0 unspecified atom stereocenters. The van der Waals surface area contributed by atoms with Crippen LogP contribution in [-0.2, 0) is 23.0 Å². The number of ether oxygens (including phenoxy) is 1. The van der Waals surface area contributed by atoms with E-state index in [1.165, 1.54) is 17.9 Å². The Morgan fingerprint density at radius 1 is 1.42 bits per heavy atom. The highest BCUT2D eigenvalue weighted by molar-refractivity contribution is 7.09. The SMILES string of the molecule is Cc1oc2ncn(C)c(=O)c2c1C(=O)OCC(=O)NCCc1cccs1. The first kappa shape index (κ1) is 17.9. The lowest BCUT2D eigenvalue weighted by molar-refractivity contribution is -0.124. The van der Waals surface area contributed by atoms with Crippen molar-refractivity contribution in [2.24, 2.45) is 7.05 Å². The van der Waals surface area contributed by atoms with Crippen molar-refractivity contribution in [1.82, 2.24) is 14.9 Å². The fourth-order valence-electron chi connectivity index (χ4n) is 2.47. The fourth-order valence-corrected chi connectivity index (χ4v) is 3.18. The van der Waals surface area contributed by atoms with Crippen molar-refractivity contribution < 1.29 is 18.7 Å². The van der Waals surface area contributed by atoms with E-state index < -0.39 is 24.0 Å². The molecule has 136 valence electrons. The van der Waals surface area contributed by atoms with Crippen molar-refractivity contribution in [2.45, 2.75) is 13.3 Å². The maximum absolute atomic E-state index is 12.3. The molecular weight excluding hydrogens is 358 g/mol. The second-order valence-electron chi connectivity index (χ2n) is 5.63. The van der Waals surface area contributed by atoms with Crippen LogP contribution in [0.3, 0.4) is 0 Å². The summed E-state index contributed by atoms with van der Waals surface area (Å²) in [5, 5.41) is 4.70. The highest BCUT2D eigenvalue weighted by Gasteiger charge is 2.24. The lowest BCUT2D eigenvalue weighted by Crippen LogP contribution is -2.30. The summed E-state index contributed by atoms with van der Waals surface area (Å²) in [5.74, 6) is -0.981. The number of fused-ring (bicyclic) bond motifs is 1. The molecule has 0 radical (unpaired) electrons. The Hall–Kier alpha value is -2.94. The van der Waals surface area contributed by atoms with Crippen molar-refractivity contribution in [2.75, 3.05) is 13.2 Å². The Kier molecular flexibility index (Phi) is 5.17. The number of nitrogens with one attached hydrogen (secondary N) is 1. The lowest BCUT2D eigenvalue weighted by atomic mass is 10.2. The largest absolute Gasteiger partial charge is 0.452 e. The Bertz CT molecular complexity index is 1000. The lowest BCUT2D eigenvalue weighted by Gasteiger charge is -2.06. The molecule has 9 heteroatoms. The molecule has 0 aliphatic heterocycles. The fraction of sp³-hybridized carbons (Fsp3) is 0.294. The van der Waals surface area contributed by atoms with Gasteiger partial charge in [0.05, 0.1) is 0 Å². The molecule has 0 aromatic carbocycles. The third kappa shape index (κ3) is 3.67. The van der Waals surface area contributed by atoms with Crippen LogP contribution in [0.25, 0.3) is 11.1 Å². The molecule has 0 bridgehead atoms. The van der Waals surface area contributed by atoms with Crippen LogP contribution in [0.15, 0.2) is 33.1 Å². The molecule has 0 spiro atoms. The van der Waals surface area contributed by atoms with E-state index in [9.17, 15) is 14.4 Å². The van der Waals surface area contributed by atoms with Gasteiger partial charge in [0.1, 0.15) is 23.0 Å². The van der Waals surface area contributed by atoms with Gasteiger partial charge in [0.15, 0.2) is 6.61 Å². The summed E-state index contributed by atoms with van der Waals surface area (Å²) in [7, 11) is 1.52. The van der Waals surface area contributed by atoms with Crippen LogP contribution < -0.4 is 10.9 Å². The average Bonchev–Trinajstić information content (AvgIpc) is 3.23. The smallest absolute Gasteiger partial charge is 0.343 e. The number of aromatic nitrogens is 2. The minimum absolute atomic E-state index is 0.0000792. The molecule has 1 amide bonds. The number of rotatable bonds is 6.